The summed E-state index contributed by atoms with van der Waals surface area (Å²) in [7, 11) is 2.02. The molecule has 40 heavy (non-hydrogen) atoms. The molecule has 2 aliphatic rings. The number of H-pyrrole nitrogens is 1. The van der Waals surface area contributed by atoms with Gasteiger partial charge in [0.2, 0.25) is 5.91 Å². The lowest BCUT2D eigenvalue weighted by molar-refractivity contribution is 0.0999. The average molecular weight is 547 g/mol. The fourth-order valence-electron chi connectivity index (χ4n) is 5.05. The number of fused-ring (bicyclic) bond motifs is 1. The van der Waals surface area contributed by atoms with Crippen molar-refractivity contribution in [3.8, 4) is 11.3 Å². The number of carbonyl (C=O) groups excluding carboxylic acids is 2. The molecule has 4 N–H and O–H groups in total. The van der Waals surface area contributed by atoms with Crippen LogP contribution in [0.1, 0.15) is 69.8 Å². The Hall–Kier alpha value is -3.59. The van der Waals surface area contributed by atoms with Gasteiger partial charge in [-0.1, -0.05) is 38.1 Å². The predicted octanol–water partition coefficient (Wildman–Crippen LogP) is 4.70. The second kappa shape index (κ2) is 14.2. The Balaban J connectivity index is 0.000000481. The van der Waals surface area contributed by atoms with Crippen LogP contribution in [0.2, 0.25) is 0 Å². The fourth-order valence-corrected chi connectivity index (χ4v) is 5.05. The first-order valence-electron chi connectivity index (χ1n) is 13.6. The molecule has 5 rings (SSSR count). The lowest BCUT2D eigenvalue weighted by Gasteiger charge is -2.29. The van der Waals surface area contributed by atoms with E-state index >= 15 is 0 Å². The molecule has 8 nitrogen and oxygen atoms in total. The number of aldehydes is 1. The van der Waals surface area contributed by atoms with Crippen molar-refractivity contribution in [1.29, 1.82) is 0 Å². The van der Waals surface area contributed by atoms with Crippen LogP contribution in [0, 0.1) is 5.41 Å². The number of rotatable bonds is 7. The Labute approximate surface area is 237 Å². The summed E-state index contributed by atoms with van der Waals surface area (Å²) in [6.07, 6.45) is 4.72. The minimum Gasteiger partial charge on any atom is -0.391 e. The number of aliphatic hydroxyl groups excluding tert-OH is 1. The van der Waals surface area contributed by atoms with E-state index < -0.39 is 5.91 Å². The van der Waals surface area contributed by atoms with E-state index in [0.717, 1.165) is 61.0 Å². The second-order valence-electron chi connectivity index (χ2n) is 11.2. The summed E-state index contributed by atoms with van der Waals surface area (Å²) < 4.78 is 4.81. The highest BCUT2D eigenvalue weighted by atomic mass is 16.5. The molecular formula is C32H42N4O4. The van der Waals surface area contributed by atoms with Crippen LogP contribution in [0.3, 0.4) is 0 Å². The standard InChI is InChI=1S/C26H30N4O2.C4H8O2.C2H4/c1-26(2)11-10-22-23(13-26)28-29-24(22)19-8-9-20(16-31)21(12-19)15-30(3)14-17-4-6-18(7-5-17)25(27)32;5-4-1-2-6-3-4;1-2/h4-9,12,16H,10-11,13-15H2,1-3H3,(H2,27,32)(H,28,29);4-5H,1-3H2;1-2H2/t;4-;/m.0./s1. The number of aromatic nitrogens is 2. The third-order valence-electron chi connectivity index (χ3n) is 7.24. The van der Waals surface area contributed by atoms with Gasteiger partial charge in [0.15, 0.2) is 0 Å². The number of benzene rings is 2. The van der Waals surface area contributed by atoms with Gasteiger partial charge in [0.05, 0.1) is 18.4 Å². The summed E-state index contributed by atoms with van der Waals surface area (Å²) in [6.45, 7) is 13.2. The van der Waals surface area contributed by atoms with Gasteiger partial charge in [-0.15, -0.1) is 13.2 Å². The Bertz CT molecular complexity index is 1280. The number of hydrogen-bond acceptors (Lipinski definition) is 6. The maximum absolute atomic E-state index is 11.7. The van der Waals surface area contributed by atoms with E-state index in [9.17, 15) is 9.59 Å². The number of amides is 1. The van der Waals surface area contributed by atoms with Crippen LogP contribution in [-0.4, -0.2) is 58.8 Å². The third-order valence-corrected chi connectivity index (χ3v) is 7.24. The highest BCUT2D eigenvalue weighted by Gasteiger charge is 2.29. The number of nitrogens with one attached hydrogen (secondary N) is 1. The molecular weight excluding hydrogens is 504 g/mol. The van der Waals surface area contributed by atoms with E-state index in [1.807, 2.05) is 31.3 Å². The Morgan fingerprint density at radius 3 is 2.52 bits per heavy atom. The van der Waals surface area contributed by atoms with E-state index in [4.69, 9.17) is 15.6 Å². The zero-order valence-electron chi connectivity index (χ0n) is 23.9. The van der Waals surface area contributed by atoms with Crippen molar-refractivity contribution in [3.63, 3.8) is 0 Å². The first-order chi connectivity index (χ1) is 19.1. The van der Waals surface area contributed by atoms with Crippen LogP contribution in [0.4, 0.5) is 0 Å². The SMILES string of the molecule is C=C.CN(Cc1ccc(C(N)=O)cc1)Cc1cc(-c2n[nH]c3c2CCC(C)(C)C3)ccc1C=O.O[C@H]1CCOC1. The number of aliphatic hydroxyl groups is 1. The molecule has 1 aliphatic heterocycles. The molecule has 0 radical (unpaired) electrons. The number of ether oxygens (including phenoxy) is 1. The minimum atomic E-state index is -0.429. The fraction of sp³-hybridized carbons (Fsp3) is 0.406. The van der Waals surface area contributed by atoms with Crippen LogP contribution < -0.4 is 5.73 Å². The zero-order valence-corrected chi connectivity index (χ0v) is 23.9. The largest absolute Gasteiger partial charge is 0.391 e. The molecule has 2 aromatic carbocycles. The van der Waals surface area contributed by atoms with E-state index in [1.54, 1.807) is 12.1 Å². The zero-order chi connectivity index (χ0) is 29.3. The molecule has 1 saturated heterocycles. The van der Waals surface area contributed by atoms with E-state index in [-0.39, 0.29) is 6.10 Å². The van der Waals surface area contributed by atoms with Gasteiger partial charge in [0.1, 0.15) is 6.29 Å². The summed E-state index contributed by atoms with van der Waals surface area (Å²) in [4.78, 5) is 25.1. The van der Waals surface area contributed by atoms with Gasteiger partial charge in [-0.2, -0.15) is 5.10 Å². The number of nitrogens with zero attached hydrogens (tertiary/aromatic N) is 2. The maximum Gasteiger partial charge on any atom is 0.248 e. The van der Waals surface area contributed by atoms with Crippen LogP contribution in [0.5, 0.6) is 0 Å². The number of aromatic amines is 1. The van der Waals surface area contributed by atoms with Crippen LogP contribution in [0.25, 0.3) is 11.3 Å². The van der Waals surface area contributed by atoms with Gasteiger partial charge in [0, 0.05) is 47.6 Å². The number of primary amides is 1. The topological polar surface area (TPSA) is 122 Å². The van der Waals surface area contributed by atoms with Crippen molar-refractivity contribution in [1.82, 2.24) is 15.1 Å². The first kappa shape index (κ1) is 30.9. The molecule has 1 fully saturated rings. The molecule has 1 aliphatic carbocycles. The molecule has 0 spiro atoms. The van der Waals surface area contributed by atoms with Crippen molar-refractivity contribution >= 4 is 12.2 Å². The monoisotopic (exact) mass is 546 g/mol. The first-order valence-corrected chi connectivity index (χ1v) is 13.6. The van der Waals surface area contributed by atoms with Crippen LogP contribution in [0.15, 0.2) is 55.6 Å². The number of hydrogen-bond donors (Lipinski definition) is 3. The molecule has 214 valence electrons. The summed E-state index contributed by atoms with van der Waals surface area (Å²) in [5, 5.41) is 16.5. The van der Waals surface area contributed by atoms with Gasteiger partial charge >= 0.3 is 0 Å². The minimum absolute atomic E-state index is 0.176. The van der Waals surface area contributed by atoms with Gasteiger partial charge in [-0.05, 0) is 67.5 Å². The smallest absolute Gasteiger partial charge is 0.248 e. The summed E-state index contributed by atoms with van der Waals surface area (Å²) in [5.41, 5.74) is 13.4. The molecule has 0 unspecified atom stereocenters. The van der Waals surface area contributed by atoms with Crippen molar-refractivity contribution in [3.05, 3.63) is 89.1 Å². The maximum atomic E-state index is 11.7. The van der Waals surface area contributed by atoms with Gasteiger partial charge in [-0.3, -0.25) is 19.6 Å². The molecule has 0 bridgehead atoms. The molecule has 8 heteroatoms. The predicted molar refractivity (Wildman–Crippen MR) is 158 cm³/mol. The lowest BCUT2D eigenvalue weighted by atomic mass is 9.76. The summed E-state index contributed by atoms with van der Waals surface area (Å²) >= 11 is 0. The normalized spacial score (nSPS) is 17.2. The van der Waals surface area contributed by atoms with Crippen molar-refractivity contribution in [2.45, 2.75) is 58.7 Å². The Morgan fingerprint density at radius 2 is 1.95 bits per heavy atom. The van der Waals surface area contributed by atoms with Crippen molar-refractivity contribution in [2.24, 2.45) is 11.1 Å². The van der Waals surface area contributed by atoms with E-state index in [1.165, 1.54) is 11.3 Å². The summed E-state index contributed by atoms with van der Waals surface area (Å²) in [5.74, 6) is -0.429. The molecule has 3 aromatic rings. The molecule has 0 saturated carbocycles. The van der Waals surface area contributed by atoms with Crippen LogP contribution in [-0.2, 0) is 30.7 Å². The Kier molecular flexibility index (Phi) is 11.0. The Morgan fingerprint density at radius 1 is 1.23 bits per heavy atom. The van der Waals surface area contributed by atoms with Crippen molar-refractivity contribution < 1.29 is 19.4 Å². The second-order valence-corrected chi connectivity index (χ2v) is 11.2. The van der Waals surface area contributed by atoms with Gasteiger partial charge in [-0.25, -0.2) is 0 Å². The lowest BCUT2D eigenvalue weighted by Crippen LogP contribution is -2.22. The number of nitrogens with two attached hydrogens (primary N) is 1. The highest BCUT2D eigenvalue weighted by Crippen LogP contribution is 2.38. The number of carbonyl (C=O) groups is 2. The highest BCUT2D eigenvalue weighted by molar-refractivity contribution is 5.92. The third kappa shape index (κ3) is 8.21. The molecule has 2 heterocycles. The van der Waals surface area contributed by atoms with Gasteiger partial charge < -0.3 is 15.6 Å². The van der Waals surface area contributed by atoms with Crippen molar-refractivity contribution in [2.75, 3.05) is 20.3 Å². The quantitative estimate of drug-likeness (QED) is 0.292. The average Bonchev–Trinajstić information content (AvgIpc) is 3.58. The van der Waals surface area contributed by atoms with E-state index in [2.05, 4.69) is 48.2 Å². The van der Waals surface area contributed by atoms with Gasteiger partial charge in [0.25, 0.3) is 0 Å². The van der Waals surface area contributed by atoms with E-state index in [0.29, 0.717) is 36.2 Å². The van der Waals surface area contributed by atoms with Crippen LogP contribution >= 0.6 is 0 Å². The molecule has 1 amide bonds. The summed E-state index contributed by atoms with van der Waals surface area (Å²) in [6, 6.07) is 13.3. The molecule has 1 aromatic heterocycles. The molecule has 1 atom stereocenters.